The number of hydrogen-bond acceptors (Lipinski definition) is 4. The van der Waals surface area contributed by atoms with Crippen LogP contribution in [-0.2, 0) is 0 Å². The van der Waals surface area contributed by atoms with Crippen LogP contribution >= 0.6 is 0 Å². The maximum absolute atomic E-state index is 12.6. The molecule has 2 aromatic rings. The third-order valence-corrected chi connectivity index (χ3v) is 5.75. The zero-order chi connectivity index (χ0) is 17.8. The van der Waals surface area contributed by atoms with E-state index in [0.29, 0.717) is 23.4 Å². The average molecular weight is 353 g/mol. The molecular formula is C20H27N5O. The van der Waals surface area contributed by atoms with Crippen molar-refractivity contribution in [3.8, 4) is 0 Å². The summed E-state index contributed by atoms with van der Waals surface area (Å²) in [6.45, 7) is 0. The molecule has 2 saturated carbocycles. The summed E-state index contributed by atoms with van der Waals surface area (Å²) >= 11 is 0. The molecule has 2 aliphatic carbocycles. The molecule has 138 valence electrons. The molecule has 2 fully saturated rings. The van der Waals surface area contributed by atoms with E-state index in [9.17, 15) is 4.79 Å². The number of aromatic nitrogens is 2. The number of hydrogen-bond donors (Lipinski definition) is 0. The summed E-state index contributed by atoms with van der Waals surface area (Å²) in [4.78, 5) is 17.0. The molecule has 2 aromatic heterocycles. The van der Waals surface area contributed by atoms with Crippen molar-refractivity contribution in [2.24, 2.45) is 10.3 Å². The van der Waals surface area contributed by atoms with Gasteiger partial charge < -0.3 is 0 Å². The van der Waals surface area contributed by atoms with Gasteiger partial charge in [0.05, 0.1) is 6.20 Å². The SMILES string of the molecule is O=c1c(N=NN(C2CCCCC2)C2CCCCC2)cnc2ccccn12. The Hall–Kier alpha value is -2.24. The van der Waals surface area contributed by atoms with Crippen LogP contribution in [0, 0.1) is 0 Å². The van der Waals surface area contributed by atoms with Gasteiger partial charge in [-0.3, -0.25) is 14.2 Å². The van der Waals surface area contributed by atoms with Crippen LogP contribution < -0.4 is 5.56 Å². The largest absolute Gasteiger partial charge is 0.285 e. The molecule has 0 unspecified atom stereocenters. The number of rotatable bonds is 4. The average Bonchev–Trinajstić information content (AvgIpc) is 2.71. The predicted octanol–water partition coefficient (Wildman–Crippen LogP) is 4.66. The smallest absolute Gasteiger partial charge is 0.272 e. The molecule has 0 atom stereocenters. The lowest BCUT2D eigenvalue weighted by Gasteiger charge is -2.38. The van der Waals surface area contributed by atoms with Crippen LogP contribution in [0.3, 0.4) is 0 Å². The van der Waals surface area contributed by atoms with Gasteiger partial charge in [0.25, 0.3) is 5.56 Å². The highest BCUT2D eigenvalue weighted by molar-refractivity contribution is 5.42. The standard InChI is InChI=1S/C20H27N5O/c26-20-18(15-21-19-13-7-8-14-24(19)20)22-23-25(16-9-3-1-4-10-16)17-11-5-2-6-12-17/h7-8,13-17H,1-6,9-12H2. The lowest BCUT2D eigenvalue weighted by molar-refractivity contribution is 0.0756. The fourth-order valence-electron chi connectivity index (χ4n) is 4.32. The molecule has 26 heavy (non-hydrogen) atoms. The predicted molar refractivity (Wildman–Crippen MR) is 102 cm³/mol. The van der Waals surface area contributed by atoms with Gasteiger partial charge >= 0.3 is 0 Å². The van der Waals surface area contributed by atoms with E-state index in [1.165, 1.54) is 68.6 Å². The molecule has 0 saturated heterocycles. The molecular weight excluding hydrogens is 326 g/mol. The Labute approximate surface area is 153 Å². The van der Waals surface area contributed by atoms with Crippen LogP contribution in [0.5, 0.6) is 0 Å². The first-order valence-electron chi connectivity index (χ1n) is 9.99. The van der Waals surface area contributed by atoms with E-state index < -0.39 is 0 Å². The van der Waals surface area contributed by atoms with Crippen LogP contribution in [-0.4, -0.2) is 26.5 Å². The topological polar surface area (TPSA) is 62.3 Å². The summed E-state index contributed by atoms with van der Waals surface area (Å²) in [6.07, 6.45) is 15.7. The first-order chi connectivity index (χ1) is 12.8. The lowest BCUT2D eigenvalue weighted by atomic mass is 9.90. The van der Waals surface area contributed by atoms with Gasteiger partial charge in [0.2, 0.25) is 0 Å². The molecule has 0 amide bonds. The van der Waals surface area contributed by atoms with E-state index >= 15 is 0 Å². The summed E-state index contributed by atoms with van der Waals surface area (Å²) in [6, 6.07) is 6.45. The second-order valence-electron chi connectivity index (χ2n) is 7.53. The van der Waals surface area contributed by atoms with Crippen molar-refractivity contribution in [1.82, 2.24) is 14.4 Å². The molecule has 6 nitrogen and oxygen atoms in total. The van der Waals surface area contributed by atoms with Crippen LogP contribution in [0.4, 0.5) is 5.69 Å². The molecule has 0 bridgehead atoms. The molecule has 4 rings (SSSR count). The van der Waals surface area contributed by atoms with Crippen LogP contribution in [0.2, 0.25) is 0 Å². The summed E-state index contributed by atoms with van der Waals surface area (Å²) in [5.41, 5.74) is 0.782. The molecule has 2 heterocycles. The highest BCUT2D eigenvalue weighted by Crippen LogP contribution is 2.30. The summed E-state index contributed by atoms with van der Waals surface area (Å²) in [7, 11) is 0. The Morgan fingerprint density at radius 2 is 1.62 bits per heavy atom. The maximum atomic E-state index is 12.6. The second kappa shape index (κ2) is 7.98. The van der Waals surface area contributed by atoms with Gasteiger partial charge in [0.15, 0.2) is 5.69 Å². The maximum Gasteiger partial charge on any atom is 0.285 e. The molecule has 0 N–H and O–H groups in total. The van der Waals surface area contributed by atoms with E-state index in [-0.39, 0.29) is 5.56 Å². The molecule has 0 aromatic carbocycles. The van der Waals surface area contributed by atoms with Gasteiger partial charge in [-0.05, 0) is 37.8 Å². The molecule has 2 aliphatic rings. The van der Waals surface area contributed by atoms with Crippen molar-refractivity contribution in [3.05, 3.63) is 40.9 Å². The fourth-order valence-corrected chi connectivity index (χ4v) is 4.32. The number of nitrogens with zero attached hydrogens (tertiary/aromatic N) is 5. The Bertz CT molecular complexity index is 800. The van der Waals surface area contributed by atoms with E-state index in [1.807, 2.05) is 18.2 Å². The van der Waals surface area contributed by atoms with E-state index in [1.54, 1.807) is 12.4 Å². The van der Waals surface area contributed by atoms with Gasteiger partial charge in [-0.25, -0.2) is 4.98 Å². The van der Waals surface area contributed by atoms with Crippen molar-refractivity contribution in [1.29, 1.82) is 0 Å². The minimum atomic E-state index is -0.161. The first-order valence-corrected chi connectivity index (χ1v) is 9.99. The molecule has 0 aliphatic heterocycles. The zero-order valence-electron chi connectivity index (χ0n) is 15.3. The zero-order valence-corrected chi connectivity index (χ0v) is 15.3. The highest BCUT2D eigenvalue weighted by atomic mass is 16.1. The van der Waals surface area contributed by atoms with Gasteiger partial charge in [-0.15, -0.1) is 5.11 Å². The molecule has 0 spiro atoms. The summed E-state index contributed by atoms with van der Waals surface area (Å²) in [5.74, 6) is 0. The third kappa shape index (κ3) is 3.64. The Balaban J connectivity index is 1.62. The van der Waals surface area contributed by atoms with Gasteiger partial charge in [0, 0.05) is 18.3 Å². The Morgan fingerprint density at radius 1 is 0.962 bits per heavy atom. The fraction of sp³-hybridized carbons (Fsp3) is 0.600. The third-order valence-electron chi connectivity index (χ3n) is 5.75. The van der Waals surface area contributed by atoms with Crippen molar-refractivity contribution in [2.45, 2.75) is 76.3 Å². The Morgan fingerprint density at radius 3 is 2.27 bits per heavy atom. The lowest BCUT2D eigenvalue weighted by Crippen LogP contribution is -2.41. The Kier molecular flexibility index (Phi) is 5.27. The van der Waals surface area contributed by atoms with E-state index in [0.717, 1.165) is 0 Å². The summed E-state index contributed by atoms with van der Waals surface area (Å²) in [5, 5.41) is 11.2. The van der Waals surface area contributed by atoms with Crippen LogP contribution in [0.1, 0.15) is 64.2 Å². The molecule has 6 heteroatoms. The van der Waals surface area contributed by atoms with Gasteiger partial charge in [-0.2, -0.15) is 0 Å². The quantitative estimate of drug-likeness (QED) is 0.593. The van der Waals surface area contributed by atoms with Crippen molar-refractivity contribution >= 4 is 11.3 Å². The van der Waals surface area contributed by atoms with Crippen LogP contribution in [0.25, 0.3) is 5.65 Å². The first kappa shape index (κ1) is 17.2. The summed E-state index contributed by atoms with van der Waals surface area (Å²) < 4.78 is 1.53. The van der Waals surface area contributed by atoms with E-state index in [4.69, 9.17) is 0 Å². The number of pyridine rings is 1. The van der Waals surface area contributed by atoms with Crippen molar-refractivity contribution in [3.63, 3.8) is 0 Å². The normalized spacial score (nSPS) is 20.0. The van der Waals surface area contributed by atoms with Crippen molar-refractivity contribution < 1.29 is 0 Å². The highest BCUT2D eigenvalue weighted by Gasteiger charge is 2.28. The van der Waals surface area contributed by atoms with E-state index in [2.05, 4.69) is 20.3 Å². The molecule has 0 radical (unpaired) electrons. The minimum Gasteiger partial charge on any atom is -0.272 e. The second-order valence-corrected chi connectivity index (χ2v) is 7.53. The van der Waals surface area contributed by atoms with Gasteiger partial charge in [0.1, 0.15) is 5.65 Å². The number of fused-ring (bicyclic) bond motifs is 1. The minimum absolute atomic E-state index is 0.161. The van der Waals surface area contributed by atoms with Crippen molar-refractivity contribution in [2.75, 3.05) is 0 Å². The van der Waals surface area contributed by atoms with Crippen LogP contribution in [0.15, 0.2) is 45.7 Å². The monoisotopic (exact) mass is 353 g/mol. The van der Waals surface area contributed by atoms with Gasteiger partial charge in [-0.1, -0.05) is 49.8 Å².